The molecule has 2 nitrogen and oxygen atoms in total. The van der Waals surface area contributed by atoms with E-state index in [2.05, 4.69) is 5.32 Å². The van der Waals surface area contributed by atoms with E-state index in [4.69, 9.17) is 28.5 Å². The van der Waals surface area contributed by atoms with Crippen LogP contribution in [-0.4, -0.2) is 11.9 Å². The van der Waals surface area contributed by atoms with E-state index in [9.17, 15) is 0 Å². The first-order valence-corrected chi connectivity index (χ1v) is 4.57. The predicted molar refractivity (Wildman–Crippen MR) is 55.2 cm³/mol. The first kappa shape index (κ1) is 10.2. The molecule has 1 rings (SSSR count). The third-order valence-corrected chi connectivity index (χ3v) is 1.97. The standard InChI is InChI=1S/C9H8Cl2N2/c10-7-1-3-9(4-2-7)13-6-8(11)5-12/h1-4,8,13H,6H2/t8-/m0/s1. The Kier molecular flexibility index (Phi) is 3.88. The van der Waals surface area contributed by atoms with Crippen molar-refractivity contribution in [3.8, 4) is 6.07 Å². The van der Waals surface area contributed by atoms with E-state index in [-0.39, 0.29) is 0 Å². The van der Waals surface area contributed by atoms with Crippen molar-refractivity contribution in [1.82, 2.24) is 0 Å². The highest BCUT2D eigenvalue weighted by molar-refractivity contribution is 6.30. The molecule has 0 saturated heterocycles. The van der Waals surface area contributed by atoms with Gasteiger partial charge in [0, 0.05) is 17.3 Å². The maximum absolute atomic E-state index is 8.41. The van der Waals surface area contributed by atoms with Crippen molar-refractivity contribution in [3.05, 3.63) is 29.3 Å². The molecule has 0 unspecified atom stereocenters. The van der Waals surface area contributed by atoms with Gasteiger partial charge in [-0.05, 0) is 24.3 Å². The van der Waals surface area contributed by atoms with Crippen LogP contribution in [0.2, 0.25) is 5.02 Å². The topological polar surface area (TPSA) is 35.8 Å². The van der Waals surface area contributed by atoms with Crippen LogP contribution in [-0.2, 0) is 0 Å². The molecule has 0 aliphatic heterocycles. The second-order valence-corrected chi connectivity index (χ2v) is 3.45. The minimum Gasteiger partial charge on any atom is -0.382 e. The van der Waals surface area contributed by atoms with Gasteiger partial charge in [-0.15, -0.1) is 11.6 Å². The zero-order chi connectivity index (χ0) is 9.68. The molecule has 0 heterocycles. The summed E-state index contributed by atoms with van der Waals surface area (Å²) in [5.41, 5.74) is 0.908. The quantitative estimate of drug-likeness (QED) is 0.787. The maximum Gasteiger partial charge on any atom is 0.137 e. The molecule has 1 atom stereocenters. The van der Waals surface area contributed by atoms with Crippen LogP contribution in [0.25, 0.3) is 0 Å². The van der Waals surface area contributed by atoms with Gasteiger partial charge in [-0.1, -0.05) is 11.6 Å². The molecule has 0 aromatic heterocycles. The molecule has 0 spiro atoms. The van der Waals surface area contributed by atoms with Gasteiger partial charge in [-0.25, -0.2) is 0 Å². The fraction of sp³-hybridized carbons (Fsp3) is 0.222. The number of nitrogens with one attached hydrogen (secondary N) is 1. The predicted octanol–water partition coefficient (Wildman–Crippen LogP) is 2.88. The number of hydrogen-bond acceptors (Lipinski definition) is 2. The smallest absolute Gasteiger partial charge is 0.137 e. The average Bonchev–Trinajstić information content (AvgIpc) is 2.16. The van der Waals surface area contributed by atoms with Crippen LogP contribution < -0.4 is 5.32 Å². The van der Waals surface area contributed by atoms with Gasteiger partial charge >= 0.3 is 0 Å². The largest absolute Gasteiger partial charge is 0.382 e. The van der Waals surface area contributed by atoms with Crippen molar-refractivity contribution in [2.45, 2.75) is 5.38 Å². The van der Waals surface area contributed by atoms with Crippen LogP contribution in [0, 0.1) is 11.3 Å². The number of nitriles is 1. The lowest BCUT2D eigenvalue weighted by Crippen LogP contribution is -2.11. The second kappa shape index (κ2) is 4.96. The zero-order valence-corrected chi connectivity index (χ0v) is 8.31. The summed E-state index contributed by atoms with van der Waals surface area (Å²) in [5, 5.41) is 11.6. The van der Waals surface area contributed by atoms with Gasteiger partial charge in [-0.2, -0.15) is 5.26 Å². The van der Waals surface area contributed by atoms with E-state index in [1.807, 2.05) is 18.2 Å². The Morgan fingerprint density at radius 2 is 2.00 bits per heavy atom. The number of alkyl halides is 1. The summed E-state index contributed by atoms with van der Waals surface area (Å²) in [6, 6.07) is 9.15. The highest BCUT2D eigenvalue weighted by Crippen LogP contribution is 2.13. The van der Waals surface area contributed by atoms with Crippen molar-refractivity contribution in [1.29, 1.82) is 5.26 Å². The maximum atomic E-state index is 8.41. The first-order valence-electron chi connectivity index (χ1n) is 3.75. The zero-order valence-electron chi connectivity index (χ0n) is 6.80. The van der Waals surface area contributed by atoms with E-state index in [1.165, 1.54) is 0 Å². The number of anilines is 1. The minimum absolute atomic E-state index is 0.430. The number of benzene rings is 1. The van der Waals surface area contributed by atoms with Crippen LogP contribution in [0.3, 0.4) is 0 Å². The summed E-state index contributed by atoms with van der Waals surface area (Å²) in [5.74, 6) is 0. The fourth-order valence-corrected chi connectivity index (χ4v) is 1.02. The highest BCUT2D eigenvalue weighted by Gasteiger charge is 2.00. The van der Waals surface area contributed by atoms with Crippen molar-refractivity contribution >= 4 is 28.9 Å². The van der Waals surface area contributed by atoms with Crippen LogP contribution in [0.4, 0.5) is 5.69 Å². The number of nitrogens with zero attached hydrogens (tertiary/aromatic N) is 1. The summed E-state index contributed by atoms with van der Waals surface area (Å²) in [4.78, 5) is 0. The van der Waals surface area contributed by atoms with Gasteiger partial charge in [0.15, 0.2) is 0 Å². The van der Waals surface area contributed by atoms with Gasteiger partial charge in [0.25, 0.3) is 0 Å². The van der Waals surface area contributed by atoms with Crippen molar-refractivity contribution < 1.29 is 0 Å². The first-order chi connectivity index (χ1) is 6.22. The van der Waals surface area contributed by atoms with E-state index >= 15 is 0 Å². The molecule has 0 saturated carbocycles. The van der Waals surface area contributed by atoms with E-state index in [0.717, 1.165) is 5.69 Å². The Labute approximate surface area is 87.1 Å². The molecule has 0 fully saturated rings. The Morgan fingerprint density at radius 3 is 2.54 bits per heavy atom. The molecule has 0 aliphatic rings. The third-order valence-electron chi connectivity index (χ3n) is 1.47. The summed E-state index contributed by atoms with van der Waals surface area (Å²) >= 11 is 11.3. The van der Waals surface area contributed by atoms with E-state index in [0.29, 0.717) is 11.6 Å². The van der Waals surface area contributed by atoms with Gasteiger partial charge in [-0.3, -0.25) is 0 Å². The van der Waals surface area contributed by atoms with Gasteiger partial charge in [0.1, 0.15) is 5.38 Å². The molecule has 13 heavy (non-hydrogen) atoms. The van der Waals surface area contributed by atoms with Crippen molar-refractivity contribution in [2.75, 3.05) is 11.9 Å². The lowest BCUT2D eigenvalue weighted by Gasteiger charge is -2.05. The van der Waals surface area contributed by atoms with Crippen LogP contribution >= 0.6 is 23.2 Å². The highest BCUT2D eigenvalue weighted by atomic mass is 35.5. The fourth-order valence-electron chi connectivity index (χ4n) is 0.821. The third kappa shape index (κ3) is 3.54. The second-order valence-electron chi connectivity index (χ2n) is 2.48. The summed E-state index contributed by atoms with van der Waals surface area (Å²) < 4.78 is 0. The summed E-state index contributed by atoms with van der Waals surface area (Å²) in [7, 11) is 0. The summed E-state index contributed by atoms with van der Waals surface area (Å²) in [6.45, 7) is 0.430. The number of halogens is 2. The molecular weight excluding hydrogens is 207 g/mol. The Hall–Kier alpha value is -0.910. The van der Waals surface area contributed by atoms with Crippen LogP contribution in [0.5, 0.6) is 0 Å². The summed E-state index contributed by atoms with van der Waals surface area (Å²) in [6.07, 6.45) is 0. The van der Waals surface area contributed by atoms with Gasteiger partial charge in [0.2, 0.25) is 0 Å². The van der Waals surface area contributed by atoms with E-state index in [1.54, 1.807) is 12.1 Å². The number of rotatable bonds is 3. The molecule has 0 aliphatic carbocycles. The van der Waals surface area contributed by atoms with Gasteiger partial charge in [0.05, 0.1) is 6.07 Å². The average molecular weight is 215 g/mol. The molecule has 1 N–H and O–H groups in total. The Morgan fingerprint density at radius 1 is 1.38 bits per heavy atom. The monoisotopic (exact) mass is 214 g/mol. The molecule has 0 amide bonds. The molecule has 0 radical (unpaired) electrons. The Bertz CT molecular complexity index is 302. The molecule has 68 valence electrons. The van der Waals surface area contributed by atoms with Crippen LogP contribution in [0.15, 0.2) is 24.3 Å². The molecular formula is C9H8Cl2N2. The molecule has 1 aromatic rings. The molecule has 1 aromatic carbocycles. The lowest BCUT2D eigenvalue weighted by molar-refractivity contribution is 1.08. The number of hydrogen-bond donors (Lipinski definition) is 1. The lowest BCUT2D eigenvalue weighted by atomic mass is 10.3. The van der Waals surface area contributed by atoms with Crippen molar-refractivity contribution in [2.24, 2.45) is 0 Å². The SMILES string of the molecule is N#C[C@H](Cl)CNc1ccc(Cl)cc1. The van der Waals surface area contributed by atoms with Crippen LogP contribution in [0.1, 0.15) is 0 Å². The molecule has 4 heteroatoms. The Balaban J connectivity index is 2.47. The molecule has 0 bridgehead atoms. The van der Waals surface area contributed by atoms with Crippen molar-refractivity contribution in [3.63, 3.8) is 0 Å². The van der Waals surface area contributed by atoms with Gasteiger partial charge < -0.3 is 5.32 Å². The van der Waals surface area contributed by atoms with E-state index < -0.39 is 5.38 Å². The minimum atomic E-state index is -0.504. The normalized spacial score (nSPS) is 11.8.